The van der Waals surface area contributed by atoms with Gasteiger partial charge in [0.2, 0.25) is 10.8 Å². The quantitative estimate of drug-likeness (QED) is 0.712. The van der Waals surface area contributed by atoms with Crippen molar-refractivity contribution >= 4 is 35.0 Å². The lowest BCUT2D eigenvalue weighted by Gasteiger charge is -2.32. The van der Waals surface area contributed by atoms with E-state index in [1.165, 1.54) is 11.8 Å². The topological polar surface area (TPSA) is 58.6 Å². The molecule has 6 heteroatoms. The maximum Gasteiger partial charge on any atom is 0.266 e. The Morgan fingerprint density at radius 2 is 1.66 bits per heavy atom. The SMILES string of the molecule is O=C1CSC2(C(=O)Nc3ccccc32)N1c1ccc(OCc2ccccc2)cc1. The molecule has 1 N–H and O–H groups in total. The monoisotopic (exact) mass is 402 g/mol. The van der Waals surface area contributed by atoms with Crippen LogP contribution in [0.3, 0.4) is 0 Å². The number of amides is 2. The molecule has 5 nitrogen and oxygen atoms in total. The Bertz CT molecular complexity index is 1080. The zero-order chi connectivity index (χ0) is 19.8. The number of hydrogen-bond donors (Lipinski definition) is 1. The summed E-state index contributed by atoms with van der Waals surface area (Å²) >= 11 is 1.36. The summed E-state index contributed by atoms with van der Waals surface area (Å²) < 4.78 is 5.84. The first-order valence-electron chi connectivity index (χ1n) is 9.33. The zero-order valence-electron chi connectivity index (χ0n) is 15.5. The first-order valence-corrected chi connectivity index (χ1v) is 10.3. The van der Waals surface area contributed by atoms with Crippen molar-refractivity contribution in [2.45, 2.75) is 11.5 Å². The van der Waals surface area contributed by atoms with E-state index < -0.39 is 4.87 Å². The largest absolute Gasteiger partial charge is 0.489 e. The number of anilines is 2. The number of para-hydroxylation sites is 1. The third-order valence-electron chi connectivity index (χ3n) is 5.16. The number of rotatable bonds is 4. The van der Waals surface area contributed by atoms with E-state index in [9.17, 15) is 9.59 Å². The molecule has 2 amide bonds. The summed E-state index contributed by atoms with van der Waals surface area (Å²) in [6.07, 6.45) is 0. The molecule has 1 fully saturated rings. The molecule has 0 aliphatic carbocycles. The number of carbonyl (C=O) groups excluding carboxylic acids is 2. The van der Waals surface area contributed by atoms with Gasteiger partial charge in [0.25, 0.3) is 5.91 Å². The number of thioether (sulfide) groups is 1. The summed E-state index contributed by atoms with van der Waals surface area (Å²) in [4.78, 5) is 26.3. The summed E-state index contributed by atoms with van der Waals surface area (Å²) in [5, 5.41) is 2.92. The van der Waals surface area contributed by atoms with Gasteiger partial charge in [0, 0.05) is 16.9 Å². The fraction of sp³-hybridized carbons (Fsp3) is 0.130. The second-order valence-electron chi connectivity index (χ2n) is 6.93. The third-order valence-corrected chi connectivity index (χ3v) is 6.56. The summed E-state index contributed by atoms with van der Waals surface area (Å²) in [6.45, 7) is 0.471. The highest BCUT2D eigenvalue weighted by Gasteiger charge is 2.58. The van der Waals surface area contributed by atoms with Crippen LogP contribution in [-0.4, -0.2) is 17.6 Å². The number of carbonyl (C=O) groups is 2. The molecule has 2 aliphatic heterocycles. The minimum atomic E-state index is -1.06. The molecular weight excluding hydrogens is 384 g/mol. The molecule has 2 heterocycles. The Hall–Kier alpha value is -3.25. The molecule has 1 unspecified atom stereocenters. The Kier molecular flexibility index (Phi) is 4.28. The second-order valence-corrected chi connectivity index (χ2v) is 8.10. The smallest absolute Gasteiger partial charge is 0.266 e. The van der Waals surface area contributed by atoms with Crippen LogP contribution in [0, 0.1) is 0 Å². The van der Waals surface area contributed by atoms with Crippen molar-refractivity contribution in [2.24, 2.45) is 0 Å². The molecule has 0 radical (unpaired) electrons. The van der Waals surface area contributed by atoms with Crippen molar-refractivity contribution in [2.75, 3.05) is 16.0 Å². The van der Waals surface area contributed by atoms with Crippen LogP contribution in [0.1, 0.15) is 11.1 Å². The highest BCUT2D eigenvalue weighted by Crippen LogP contribution is 2.53. The summed E-state index contributed by atoms with van der Waals surface area (Å²) in [7, 11) is 0. The second kappa shape index (κ2) is 6.97. The molecule has 3 aromatic rings. The fourth-order valence-electron chi connectivity index (χ4n) is 3.81. The lowest BCUT2D eigenvalue weighted by molar-refractivity contribution is -0.122. The van der Waals surface area contributed by atoms with Gasteiger partial charge in [0.05, 0.1) is 5.75 Å². The number of hydrogen-bond acceptors (Lipinski definition) is 4. The van der Waals surface area contributed by atoms with Gasteiger partial charge in [-0.1, -0.05) is 48.5 Å². The molecule has 144 valence electrons. The van der Waals surface area contributed by atoms with Crippen LogP contribution in [-0.2, 0) is 21.1 Å². The molecule has 5 rings (SSSR count). The predicted octanol–water partition coefficient (Wildman–Crippen LogP) is 4.15. The summed E-state index contributed by atoms with van der Waals surface area (Å²) in [6, 6.07) is 24.8. The van der Waals surface area contributed by atoms with Crippen LogP contribution in [0.4, 0.5) is 11.4 Å². The highest BCUT2D eigenvalue weighted by atomic mass is 32.2. The van der Waals surface area contributed by atoms with E-state index in [1.54, 1.807) is 4.90 Å². The molecule has 0 saturated carbocycles. The minimum absolute atomic E-state index is 0.0835. The van der Waals surface area contributed by atoms with Gasteiger partial charge in [-0.05, 0) is 35.9 Å². The average Bonchev–Trinajstić information content (AvgIpc) is 3.25. The van der Waals surface area contributed by atoms with Crippen molar-refractivity contribution in [3.63, 3.8) is 0 Å². The number of benzene rings is 3. The van der Waals surface area contributed by atoms with Gasteiger partial charge in [-0.15, -0.1) is 11.8 Å². The number of nitrogens with one attached hydrogen (secondary N) is 1. The first-order chi connectivity index (χ1) is 14.2. The van der Waals surface area contributed by atoms with E-state index in [0.717, 1.165) is 16.8 Å². The summed E-state index contributed by atoms with van der Waals surface area (Å²) in [5.41, 5.74) is 3.34. The molecule has 3 aromatic carbocycles. The van der Waals surface area contributed by atoms with Crippen molar-refractivity contribution in [1.82, 2.24) is 0 Å². The maximum absolute atomic E-state index is 13.0. The Balaban J connectivity index is 1.44. The average molecular weight is 402 g/mol. The number of nitrogens with zero attached hydrogens (tertiary/aromatic N) is 1. The van der Waals surface area contributed by atoms with E-state index in [4.69, 9.17) is 4.74 Å². The molecule has 1 spiro atoms. The zero-order valence-corrected chi connectivity index (χ0v) is 16.3. The van der Waals surface area contributed by atoms with E-state index in [2.05, 4.69) is 5.32 Å². The lowest BCUT2D eigenvalue weighted by atomic mass is 10.0. The van der Waals surface area contributed by atoms with E-state index in [0.29, 0.717) is 18.0 Å². The van der Waals surface area contributed by atoms with Crippen LogP contribution >= 0.6 is 11.8 Å². The summed E-state index contributed by atoms with van der Waals surface area (Å²) in [5.74, 6) is 0.703. The van der Waals surface area contributed by atoms with Crippen molar-refractivity contribution in [3.8, 4) is 5.75 Å². The number of ether oxygens (including phenoxy) is 1. The molecular formula is C23H18N2O3S. The Morgan fingerprint density at radius 3 is 2.45 bits per heavy atom. The van der Waals surface area contributed by atoms with Crippen LogP contribution < -0.4 is 15.0 Å². The number of fused-ring (bicyclic) bond motifs is 2. The molecule has 0 bridgehead atoms. The highest BCUT2D eigenvalue weighted by molar-refractivity contribution is 8.02. The van der Waals surface area contributed by atoms with Gasteiger partial charge < -0.3 is 10.1 Å². The first kappa shape index (κ1) is 17.8. The van der Waals surface area contributed by atoms with Crippen LogP contribution in [0.2, 0.25) is 0 Å². The van der Waals surface area contributed by atoms with Gasteiger partial charge in [-0.2, -0.15) is 0 Å². The van der Waals surface area contributed by atoms with Gasteiger partial charge in [-0.25, -0.2) is 0 Å². The molecule has 1 saturated heterocycles. The van der Waals surface area contributed by atoms with Gasteiger partial charge in [0.15, 0.2) is 0 Å². The van der Waals surface area contributed by atoms with Crippen LogP contribution in [0.15, 0.2) is 78.9 Å². The van der Waals surface area contributed by atoms with Gasteiger partial charge >= 0.3 is 0 Å². The van der Waals surface area contributed by atoms with Gasteiger partial charge in [0.1, 0.15) is 12.4 Å². The van der Waals surface area contributed by atoms with E-state index in [-0.39, 0.29) is 17.6 Å². The van der Waals surface area contributed by atoms with Crippen LogP contribution in [0.5, 0.6) is 5.75 Å². The Morgan fingerprint density at radius 1 is 0.931 bits per heavy atom. The maximum atomic E-state index is 13.0. The van der Waals surface area contributed by atoms with Gasteiger partial charge in [-0.3, -0.25) is 14.5 Å². The molecule has 0 aromatic heterocycles. The Labute approximate surface area is 172 Å². The van der Waals surface area contributed by atoms with E-state index in [1.807, 2.05) is 78.9 Å². The lowest BCUT2D eigenvalue weighted by Crippen LogP contribution is -2.47. The fourth-order valence-corrected chi connectivity index (χ4v) is 5.12. The predicted molar refractivity (Wildman–Crippen MR) is 114 cm³/mol. The molecule has 2 aliphatic rings. The standard InChI is InChI=1S/C23H18N2O3S/c26-21-15-29-23(19-8-4-5-9-20(19)24-22(23)27)25(21)17-10-12-18(13-11-17)28-14-16-6-2-1-3-7-16/h1-13H,14-15H2,(H,24,27). The minimum Gasteiger partial charge on any atom is -0.489 e. The third kappa shape index (κ3) is 2.87. The van der Waals surface area contributed by atoms with Crippen molar-refractivity contribution < 1.29 is 14.3 Å². The normalized spacial score (nSPS) is 20.1. The van der Waals surface area contributed by atoms with Crippen molar-refractivity contribution in [1.29, 1.82) is 0 Å². The van der Waals surface area contributed by atoms with Crippen LogP contribution in [0.25, 0.3) is 0 Å². The van der Waals surface area contributed by atoms with E-state index >= 15 is 0 Å². The van der Waals surface area contributed by atoms with Crippen molar-refractivity contribution in [3.05, 3.63) is 90.0 Å². The molecule has 1 atom stereocenters. The molecule has 29 heavy (non-hydrogen) atoms.